The minimum absolute atomic E-state index is 0.161. The fourth-order valence-electron chi connectivity index (χ4n) is 3.95. The normalized spacial score (nSPS) is 14.4. The van der Waals surface area contributed by atoms with Crippen molar-refractivity contribution >= 4 is 74.6 Å². The largest absolute Gasteiger partial charge is 0.483 e. The van der Waals surface area contributed by atoms with Gasteiger partial charge in [-0.25, -0.2) is 0 Å². The Hall–Kier alpha value is -3.78. The highest BCUT2D eigenvalue weighted by atomic mass is 35.5. The summed E-state index contributed by atoms with van der Waals surface area (Å²) in [4.78, 5) is 39.7. The van der Waals surface area contributed by atoms with E-state index < -0.39 is 11.8 Å². The number of carbonyl (C=O) groups excluding carboxylic acids is 3. The number of carbonyl (C=O) groups is 3. The number of anilines is 1. The number of ether oxygens (including phenoxy) is 1. The average molecular weight is 563 g/mol. The van der Waals surface area contributed by atoms with Gasteiger partial charge in [0.1, 0.15) is 5.75 Å². The molecule has 1 fully saturated rings. The summed E-state index contributed by atoms with van der Waals surface area (Å²) in [5.74, 6) is -0.477. The van der Waals surface area contributed by atoms with Crippen LogP contribution in [0.1, 0.15) is 11.1 Å². The molecule has 5 rings (SSSR count). The van der Waals surface area contributed by atoms with E-state index >= 15 is 0 Å². The fraction of sp³-hybridized carbons (Fsp3) is 0.0690. The van der Waals surface area contributed by atoms with E-state index in [1.54, 1.807) is 48.5 Å². The number of nitrogens with zero attached hydrogens (tertiary/aromatic N) is 1. The van der Waals surface area contributed by atoms with Crippen molar-refractivity contribution in [1.29, 1.82) is 0 Å². The van der Waals surface area contributed by atoms with E-state index in [4.69, 9.17) is 27.9 Å². The molecule has 0 unspecified atom stereocenters. The summed E-state index contributed by atoms with van der Waals surface area (Å²) in [6, 6.07) is 25.5. The molecule has 4 aromatic rings. The van der Waals surface area contributed by atoms with Crippen molar-refractivity contribution in [1.82, 2.24) is 4.90 Å². The maximum Gasteiger partial charge on any atom is 0.293 e. The lowest BCUT2D eigenvalue weighted by Crippen LogP contribution is -2.27. The van der Waals surface area contributed by atoms with E-state index in [1.165, 1.54) is 4.90 Å². The number of halogens is 2. The first kappa shape index (κ1) is 25.9. The summed E-state index contributed by atoms with van der Waals surface area (Å²) in [6.45, 7) is -0.134. The molecule has 0 radical (unpaired) electrons. The Morgan fingerprint density at radius 2 is 1.68 bits per heavy atom. The van der Waals surface area contributed by atoms with Crippen molar-refractivity contribution < 1.29 is 19.1 Å². The van der Waals surface area contributed by atoms with Gasteiger partial charge in [-0.2, -0.15) is 0 Å². The molecule has 38 heavy (non-hydrogen) atoms. The monoisotopic (exact) mass is 562 g/mol. The lowest BCUT2D eigenvalue weighted by molar-refractivity contribution is -0.123. The first-order chi connectivity index (χ1) is 18.4. The summed E-state index contributed by atoms with van der Waals surface area (Å²) in [6.07, 6.45) is 1.55. The predicted molar refractivity (Wildman–Crippen MR) is 152 cm³/mol. The number of thioether (sulfide) groups is 1. The number of fused-ring (bicyclic) bond motifs is 1. The minimum atomic E-state index is -0.408. The molecule has 4 aromatic carbocycles. The van der Waals surface area contributed by atoms with Crippen molar-refractivity contribution in [2.45, 2.75) is 6.54 Å². The molecule has 1 aliphatic heterocycles. The quantitative estimate of drug-likeness (QED) is 0.237. The number of hydrogen-bond acceptors (Lipinski definition) is 5. The van der Waals surface area contributed by atoms with Crippen LogP contribution in [-0.4, -0.2) is 28.6 Å². The van der Waals surface area contributed by atoms with Crippen molar-refractivity contribution in [3.8, 4) is 5.75 Å². The molecule has 1 N–H and O–H groups in total. The summed E-state index contributed by atoms with van der Waals surface area (Å²) >= 11 is 13.1. The van der Waals surface area contributed by atoms with Gasteiger partial charge >= 0.3 is 0 Å². The second kappa shape index (κ2) is 11.3. The standard InChI is InChI=1S/C29H20Cl2N2O4S/c30-22-11-12-25(37-17-27(34)32-24-8-4-3-7-23(24)31)21(14-22)15-26-28(35)33(29(36)38-26)16-18-9-10-19-5-1-2-6-20(19)13-18/h1-15H,16-17H2,(H,32,34)/b26-15-. The van der Waals surface area contributed by atoms with E-state index in [9.17, 15) is 14.4 Å². The van der Waals surface area contributed by atoms with Gasteiger partial charge in [-0.15, -0.1) is 0 Å². The fourth-order valence-corrected chi connectivity index (χ4v) is 5.15. The number of nitrogens with one attached hydrogen (secondary N) is 1. The molecule has 9 heteroatoms. The summed E-state index contributed by atoms with van der Waals surface area (Å²) in [5.41, 5.74) is 1.79. The Morgan fingerprint density at radius 1 is 0.921 bits per heavy atom. The van der Waals surface area contributed by atoms with Crippen LogP contribution in [0.15, 0.2) is 89.8 Å². The van der Waals surface area contributed by atoms with Crippen LogP contribution in [0, 0.1) is 0 Å². The zero-order valence-corrected chi connectivity index (χ0v) is 22.1. The van der Waals surface area contributed by atoms with Crippen LogP contribution in [0.2, 0.25) is 10.0 Å². The van der Waals surface area contributed by atoms with E-state index in [1.807, 2.05) is 42.5 Å². The maximum atomic E-state index is 13.2. The van der Waals surface area contributed by atoms with Gasteiger partial charge in [0.05, 0.1) is 22.2 Å². The smallest absolute Gasteiger partial charge is 0.293 e. The Balaban J connectivity index is 1.31. The van der Waals surface area contributed by atoms with Crippen LogP contribution in [0.3, 0.4) is 0 Å². The number of rotatable bonds is 7. The lowest BCUT2D eigenvalue weighted by Gasteiger charge is -2.13. The molecule has 6 nitrogen and oxygen atoms in total. The molecule has 0 spiro atoms. The van der Waals surface area contributed by atoms with Gasteiger partial charge in [-0.3, -0.25) is 19.3 Å². The predicted octanol–water partition coefficient (Wildman–Crippen LogP) is 7.40. The SMILES string of the molecule is O=C(COc1ccc(Cl)cc1/C=C1\SC(=O)N(Cc2ccc3ccccc3c2)C1=O)Nc1ccccc1Cl. The number of hydrogen-bond donors (Lipinski definition) is 1. The van der Waals surface area contributed by atoms with Crippen molar-refractivity contribution in [2.24, 2.45) is 0 Å². The van der Waals surface area contributed by atoms with Crippen LogP contribution in [-0.2, 0) is 16.1 Å². The maximum absolute atomic E-state index is 13.2. The molecule has 3 amide bonds. The van der Waals surface area contributed by atoms with E-state index in [0.29, 0.717) is 27.0 Å². The van der Waals surface area contributed by atoms with E-state index in [-0.39, 0.29) is 23.3 Å². The molecule has 0 bridgehead atoms. The lowest BCUT2D eigenvalue weighted by atomic mass is 10.1. The highest BCUT2D eigenvalue weighted by Crippen LogP contribution is 2.36. The molecule has 1 heterocycles. The first-order valence-corrected chi connectivity index (χ1v) is 13.1. The molecule has 190 valence electrons. The molecule has 1 saturated heterocycles. The molecular formula is C29H20Cl2N2O4S. The van der Waals surface area contributed by atoms with Gasteiger partial charge in [-0.05, 0) is 70.6 Å². The number of amides is 3. The van der Waals surface area contributed by atoms with Crippen molar-refractivity contribution in [3.05, 3.63) is 111 Å². The number of imide groups is 1. The Morgan fingerprint density at radius 3 is 2.50 bits per heavy atom. The van der Waals surface area contributed by atoms with Crippen molar-refractivity contribution in [2.75, 3.05) is 11.9 Å². The van der Waals surface area contributed by atoms with Crippen LogP contribution in [0.4, 0.5) is 10.5 Å². The van der Waals surface area contributed by atoms with Gasteiger partial charge in [0.15, 0.2) is 6.61 Å². The molecule has 1 aliphatic rings. The second-order valence-corrected chi connectivity index (χ2v) is 10.3. The molecule has 0 atom stereocenters. The Kier molecular flexibility index (Phi) is 7.69. The van der Waals surface area contributed by atoms with Crippen LogP contribution < -0.4 is 10.1 Å². The van der Waals surface area contributed by atoms with E-state index in [0.717, 1.165) is 28.1 Å². The van der Waals surface area contributed by atoms with Crippen LogP contribution in [0.5, 0.6) is 5.75 Å². The number of benzene rings is 4. The third kappa shape index (κ3) is 5.86. The van der Waals surface area contributed by atoms with Gasteiger partial charge in [0, 0.05) is 10.6 Å². The number of para-hydroxylation sites is 1. The van der Waals surface area contributed by atoms with Crippen LogP contribution in [0.25, 0.3) is 16.8 Å². The van der Waals surface area contributed by atoms with Gasteiger partial charge in [0.2, 0.25) is 0 Å². The summed E-state index contributed by atoms with van der Waals surface area (Å²) < 4.78 is 5.72. The highest BCUT2D eigenvalue weighted by Gasteiger charge is 2.35. The second-order valence-electron chi connectivity index (χ2n) is 8.45. The van der Waals surface area contributed by atoms with Gasteiger partial charge < -0.3 is 10.1 Å². The van der Waals surface area contributed by atoms with Gasteiger partial charge in [-0.1, -0.05) is 71.7 Å². The topological polar surface area (TPSA) is 75.7 Å². The van der Waals surface area contributed by atoms with Gasteiger partial charge in [0.25, 0.3) is 17.1 Å². The Labute approximate surface area is 233 Å². The zero-order chi connectivity index (χ0) is 26.6. The summed E-state index contributed by atoms with van der Waals surface area (Å²) in [7, 11) is 0. The third-order valence-electron chi connectivity index (χ3n) is 5.79. The van der Waals surface area contributed by atoms with Crippen molar-refractivity contribution in [3.63, 3.8) is 0 Å². The Bertz CT molecular complexity index is 1600. The van der Waals surface area contributed by atoms with E-state index in [2.05, 4.69) is 5.32 Å². The molecular weight excluding hydrogens is 543 g/mol. The molecule has 0 saturated carbocycles. The minimum Gasteiger partial charge on any atom is -0.483 e. The van der Waals surface area contributed by atoms with Crippen LogP contribution >= 0.6 is 35.0 Å². The average Bonchev–Trinajstić information content (AvgIpc) is 3.16. The first-order valence-electron chi connectivity index (χ1n) is 11.6. The molecule has 0 aromatic heterocycles. The summed E-state index contributed by atoms with van der Waals surface area (Å²) in [5, 5.41) is 5.27. The third-order valence-corrected chi connectivity index (χ3v) is 7.27. The molecule has 0 aliphatic carbocycles. The zero-order valence-electron chi connectivity index (χ0n) is 19.8. The highest BCUT2D eigenvalue weighted by molar-refractivity contribution is 8.18.